The first-order chi connectivity index (χ1) is 10.0. The summed E-state index contributed by atoms with van der Waals surface area (Å²) in [5, 5.41) is 12.6. The second-order valence-corrected chi connectivity index (χ2v) is 5.27. The van der Waals surface area contributed by atoms with Crippen molar-refractivity contribution in [3.05, 3.63) is 56.8 Å². The maximum Gasteiger partial charge on any atom is 0.188 e. The molecule has 0 aliphatic rings. The van der Waals surface area contributed by atoms with Crippen molar-refractivity contribution in [3.8, 4) is 5.75 Å². The number of nitrogens with zero attached hydrogens (tertiary/aromatic N) is 2. The monoisotopic (exact) mass is 345 g/mol. The number of oxime groups is 1. The van der Waals surface area contributed by atoms with Gasteiger partial charge >= 0.3 is 0 Å². The molecule has 0 amide bonds. The van der Waals surface area contributed by atoms with E-state index < -0.39 is 0 Å². The van der Waals surface area contributed by atoms with E-state index in [4.69, 9.17) is 50.5 Å². The summed E-state index contributed by atoms with van der Waals surface area (Å²) in [6, 6.07) is 6.44. The third-order valence-electron chi connectivity index (χ3n) is 2.54. The van der Waals surface area contributed by atoms with Gasteiger partial charge in [0, 0.05) is 11.2 Å². The molecule has 1 aromatic heterocycles. The van der Waals surface area contributed by atoms with E-state index in [1.165, 1.54) is 6.20 Å². The first kappa shape index (κ1) is 15.7. The van der Waals surface area contributed by atoms with Crippen LogP contribution in [0, 0.1) is 0 Å². The van der Waals surface area contributed by atoms with Crippen molar-refractivity contribution >= 4 is 40.6 Å². The number of amidine groups is 1. The second-order valence-electron chi connectivity index (χ2n) is 4.02. The lowest BCUT2D eigenvalue weighted by atomic mass is 10.2. The lowest BCUT2D eigenvalue weighted by Gasteiger charge is -2.10. The van der Waals surface area contributed by atoms with Crippen LogP contribution in [0.2, 0.25) is 15.1 Å². The molecule has 0 aliphatic heterocycles. The molecule has 0 saturated heterocycles. The van der Waals surface area contributed by atoms with Gasteiger partial charge in [0.15, 0.2) is 11.6 Å². The maximum atomic E-state index is 8.63. The molecule has 5 nitrogen and oxygen atoms in total. The van der Waals surface area contributed by atoms with E-state index in [1.54, 1.807) is 24.3 Å². The molecule has 0 unspecified atom stereocenters. The average molecular weight is 347 g/mol. The number of hydrogen-bond acceptors (Lipinski definition) is 4. The molecule has 8 heteroatoms. The van der Waals surface area contributed by atoms with Crippen LogP contribution in [0.1, 0.15) is 11.3 Å². The predicted molar refractivity (Wildman–Crippen MR) is 82.6 cm³/mol. The number of pyridine rings is 1. The van der Waals surface area contributed by atoms with E-state index in [-0.39, 0.29) is 12.4 Å². The SMILES string of the molecule is NC(=NO)c1cc(COc2c(Cl)cc(Cl)cc2Cl)ccn1. The Morgan fingerprint density at radius 2 is 1.90 bits per heavy atom. The lowest BCUT2D eigenvalue weighted by Crippen LogP contribution is -2.15. The van der Waals surface area contributed by atoms with E-state index >= 15 is 0 Å². The highest BCUT2D eigenvalue weighted by molar-refractivity contribution is 6.40. The van der Waals surface area contributed by atoms with Crippen molar-refractivity contribution in [1.82, 2.24) is 4.98 Å². The van der Waals surface area contributed by atoms with Crippen LogP contribution in [0.25, 0.3) is 0 Å². The minimum Gasteiger partial charge on any atom is -0.486 e. The molecule has 0 atom stereocenters. The number of hydrogen-bond donors (Lipinski definition) is 2. The lowest BCUT2D eigenvalue weighted by molar-refractivity contribution is 0.306. The van der Waals surface area contributed by atoms with Crippen molar-refractivity contribution in [2.75, 3.05) is 0 Å². The molecule has 0 aliphatic carbocycles. The van der Waals surface area contributed by atoms with Crippen LogP contribution in [-0.2, 0) is 6.61 Å². The molecule has 1 heterocycles. The number of aromatic nitrogens is 1. The van der Waals surface area contributed by atoms with Crippen LogP contribution in [0.15, 0.2) is 35.6 Å². The number of halogens is 3. The van der Waals surface area contributed by atoms with Crippen molar-refractivity contribution in [2.45, 2.75) is 6.61 Å². The van der Waals surface area contributed by atoms with E-state index in [9.17, 15) is 0 Å². The Morgan fingerprint density at radius 1 is 1.24 bits per heavy atom. The predicted octanol–water partition coefficient (Wildman–Crippen LogP) is 3.72. The summed E-state index contributed by atoms with van der Waals surface area (Å²) in [6.45, 7) is 0.190. The van der Waals surface area contributed by atoms with Crippen molar-refractivity contribution < 1.29 is 9.94 Å². The average Bonchev–Trinajstić information content (AvgIpc) is 2.45. The highest BCUT2D eigenvalue weighted by Crippen LogP contribution is 2.36. The van der Waals surface area contributed by atoms with E-state index in [2.05, 4.69) is 10.1 Å². The van der Waals surface area contributed by atoms with Gasteiger partial charge in [-0.2, -0.15) is 0 Å². The minimum atomic E-state index is -0.0839. The van der Waals surface area contributed by atoms with Crippen LogP contribution in [0.4, 0.5) is 0 Å². The van der Waals surface area contributed by atoms with Gasteiger partial charge in [0.05, 0.1) is 10.0 Å². The zero-order chi connectivity index (χ0) is 15.4. The topological polar surface area (TPSA) is 80.7 Å². The zero-order valence-electron chi connectivity index (χ0n) is 10.6. The Hall–Kier alpha value is -1.69. The Labute approximate surface area is 135 Å². The quantitative estimate of drug-likeness (QED) is 0.383. The largest absolute Gasteiger partial charge is 0.486 e. The number of ether oxygens (including phenoxy) is 1. The summed E-state index contributed by atoms with van der Waals surface area (Å²) >= 11 is 17.9. The normalized spacial score (nSPS) is 11.5. The summed E-state index contributed by atoms with van der Waals surface area (Å²) in [7, 11) is 0. The number of rotatable bonds is 4. The maximum absolute atomic E-state index is 8.63. The zero-order valence-corrected chi connectivity index (χ0v) is 12.8. The fourth-order valence-corrected chi connectivity index (χ4v) is 2.50. The van der Waals surface area contributed by atoms with Crippen molar-refractivity contribution in [3.63, 3.8) is 0 Å². The third kappa shape index (κ3) is 3.91. The summed E-state index contributed by atoms with van der Waals surface area (Å²) in [5.41, 5.74) is 6.57. The molecule has 2 aromatic rings. The standard InChI is InChI=1S/C13H10Cl3N3O2/c14-8-4-9(15)12(10(16)5-8)21-6-7-1-2-18-11(3-7)13(17)19-20/h1-5,20H,6H2,(H2,17,19). The summed E-state index contributed by atoms with van der Waals surface area (Å²) in [5.74, 6) is 0.254. The molecular weight excluding hydrogens is 337 g/mol. The van der Waals surface area contributed by atoms with Gasteiger partial charge < -0.3 is 15.7 Å². The molecule has 21 heavy (non-hydrogen) atoms. The van der Waals surface area contributed by atoms with Gasteiger partial charge in [0.1, 0.15) is 12.3 Å². The summed E-state index contributed by atoms with van der Waals surface area (Å²) in [4.78, 5) is 3.97. The van der Waals surface area contributed by atoms with E-state index in [0.717, 1.165) is 5.56 Å². The van der Waals surface area contributed by atoms with Gasteiger partial charge in [-0.1, -0.05) is 40.0 Å². The first-order valence-corrected chi connectivity index (χ1v) is 6.85. The Morgan fingerprint density at radius 3 is 2.52 bits per heavy atom. The van der Waals surface area contributed by atoms with Gasteiger partial charge in [-0.25, -0.2) is 0 Å². The molecule has 0 spiro atoms. The molecular formula is C13H10Cl3N3O2. The smallest absolute Gasteiger partial charge is 0.188 e. The third-order valence-corrected chi connectivity index (χ3v) is 3.32. The highest BCUT2D eigenvalue weighted by Gasteiger charge is 2.10. The molecule has 2 rings (SSSR count). The second kappa shape index (κ2) is 6.85. The van der Waals surface area contributed by atoms with Crippen LogP contribution in [0.5, 0.6) is 5.75 Å². The fourth-order valence-electron chi connectivity index (χ4n) is 1.58. The summed E-state index contributed by atoms with van der Waals surface area (Å²) < 4.78 is 5.58. The molecule has 0 saturated carbocycles. The van der Waals surface area contributed by atoms with E-state index in [1.807, 2.05) is 0 Å². The summed E-state index contributed by atoms with van der Waals surface area (Å²) in [6.07, 6.45) is 1.52. The van der Waals surface area contributed by atoms with Gasteiger partial charge in [-0.15, -0.1) is 0 Å². The molecule has 0 fully saturated rings. The molecule has 3 N–H and O–H groups in total. The van der Waals surface area contributed by atoms with Crippen LogP contribution < -0.4 is 10.5 Å². The molecule has 0 bridgehead atoms. The Bertz CT molecular complexity index is 669. The Balaban J connectivity index is 2.17. The van der Waals surface area contributed by atoms with E-state index in [0.29, 0.717) is 26.5 Å². The van der Waals surface area contributed by atoms with Gasteiger partial charge in [-0.05, 0) is 29.8 Å². The number of nitrogens with two attached hydrogens (primary N) is 1. The molecule has 110 valence electrons. The fraction of sp³-hybridized carbons (Fsp3) is 0.0769. The minimum absolute atomic E-state index is 0.0839. The van der Waals surface area contributed by atoms with Crippen LogP contribution in [0.3, 0.4) is 0 Å². The molecule has 1 aromatic carbocycles. The van der Waals surface area contributed by atoms with Crippen molar-refractivity contribution in [1.29, 1.82) is 0 Å². The van der Waals surface area contributed by atoms with Crippen LogP contribution >= 0.6 is 34.8 Å². The Kier molecular flexibility index (Phi) is 5.12. The van der Waals surface area contributed by atoms with Gasteiger partial charge in [0.2, 0.25) is 0 Å². The first-order valence-electron chi connectivity index (χ1n) is 5.71. The van der Waals surface area contributed by atoms with Crippen LogP contribution in [-0.4, -0.2) is 16.0 Å². The van der Waals surface area contributed by atoms with Crippen molar-refractivity contribution in [2.24, 2.45) is 10.9 Å². The highest BCUT2D eigenvalue weighted by atomic mass is 35.5. The number of benzene rings is 1. The van der Waals surface area contributed by atoms with Gasteiger partial charge in [-0.3, -0.25) is 4.98 Å². The molecule has 0 radical (unpaired) electrons. The van der Waals surface area contributed by atoms with Gasteiger partial charge in [0.25, 0.3) is 0 Å².